The standard InChI is InChI=1S/C18H21N3O/c1-13-6-8-15(9-7-13)21-18(22)17-12-16(10-11-19-17)20-14-4-2-3-5-14/h6-12,14H,2-5H2,1H3,(H,19,20)(H,21,22). The molecule has 0 radical (unpaired) electrons. The Morgan fingerprint density at radius 2 is 1.82 bits per heavy atom. The molecule has 114 valence electrons. The van der Waals surface area contributed by atoms with Gasteiger partial charge in [0, 0.05) is 23.6 Å². The monoisotopic (exact) mass is 295 g/mol. The van der Waals surface area contributed by atoms with Gasteiger partial charge in [0.05, 0.1) is 0 Å². The lowest BCUT2D eigenvalue weighted by Crippen LogP contribution is -2.17. The van der Waals surface area contributed by atoms with Crippen molar-refractivity contribution in [1.29, 1.82) is 0 Å². The molecule has 4 nitrogen and oxygen atoms in total. The van der Waals surface area contributed by atoms with E-state index in [1.54, 1.807) is 6.20 Å². The van der Waals surface area contributed by atoms with E-state index in [-0.39, 0.29) is 5.91 Å². The van der Waals surface area contributed by atoms with Gasteiger partial charge in [0.1, 0.15) is 5.69 Å². The smallest absolute Gasteiger partial charge is 0.274 e. The van der Waals surface area contributed by atoms with Crippen LogP contribution in [0.25, 0.3) is 0 Å². The molecule has 0 atom stereocenters. The first-order valence-corrected chi connectivity index (χ1v) is 7.81. The van der Waals surface area contributed by atoms with Crippen LogP contribution >= 0.6 is 0 Å². The number of aryl methyl sites for hydroxylation is 1. The van der Waals surface area contributed by atoms with Gasteiger partial charge in [0.25, 0.3) is 5.91 Å². The highest BCUT2D eigenvalue weighted by Crippen LogP contribution is 2.22. The van der Waals surface area contributed by atoms with Gasteiger partial charge in [0.15, 0.2) is 0 Å². The fraction of sp³-hybridized carbons (Fsp3) is 0.333. The SMILES string of the molecule is Cc1ccc(NC(=O)c2cc(NC3CCCC3)ccn2)cc1. The second-order valence-electron chi connectivity index (χ2n) is 5.88. The van der Waals surface area contributed by atoms with Crippen molar-refractivity contribution in [1.82, 2.24) is 4.98 Å². The predicted octanol–water partition coefficient (Wildman–Crippen LogP) is 4.00. The molecule has 4 heteroatoms. The van der Waals surface area contributed by atoms with Gasteiger partial charge in [-0.1, -0.05) is 30.5 Å². The minimum Gasteiger partial charge on any atom is -0.382 e. The van der Waals surface area contributed by atoms with Crippen LogP contribution in [0.4, 0.5) is 11.4 Å². The van der Waals surface area contributed by atoms with Gasteiger partial charge in [-0.25, -0.2) is 0 Å². The van der Waals surface area contributed by atoms with Crippen molar-refractivity contribution in [2.75, 3.05) is 10.6 Å². The van der Waals surface area contributed by atoms with E-state index in [9.17, 15) is 4.79 Å². The Morgan fingerprint density at radius 1 is 1.09 bits per heavy atom. The zero-order valence-electron chi connectivity index (χ0n) is 12.8. The van der Waals surface area contributed by atoms with Gasteiger partial charge < -0.3 is 10.6 Å². The van der Waals surface area contributed by atoms with Gasteiger partial charge in [-0.3, -0.25) is 9.78 Å². The summed E-state index contributed by atoms with van der Waals surface area (Å²) in [6.45, 7) is 2.02. The van der Waals surface area contributed by atoms with Crippen LogP contribution in [0.5, 0.6) is 0 Å². The molecule has 0 aliphatic heterocycles. The molecule has 1 aliphatic carbocycles. The first-order chi connectivity index (χ1) is 10.7. The quantitative estimate of drug-likeness (QED) is 0.896. The highest BCUT2D eigenvalue weighted by atomic mass is 16.1. The van der Waals surface area contributed by atoms with Crippen molar-refractivity contribution in [2.45, 2.75) is 38.6 Å². The third kappa shape index (κ3) is 3.64. The van der Waals surface area contributed by atoms with Gasteiger partial charge in [-0.15, -0.1) is 0 Å². The van der Waals surface area contributed by atoms with E-state index in [0.29, 0.717) is 11.7 Å². The highest BCUT2D eigenvalue weighted by molar-refractivity contribution is 6.03. The Labute approximate surface area is 131 Å². The molecule has 1 saturated carbocycles. The van der Waals surface area contributed by atoms with Crippen LogP contribution < -0.4 is 10.6 Å². The van der Waals surface area contributed by atoms with Gasteiger partial charge >= 0.3 is 0 Å². The average Bonchev–Trinajstić information content (AvgIpc) is 3.03. The number of nitrogens with one attached hydrogen (secondary N) is 2. The maximum atomic E-state index is 12.3. The molecule has 1 heterocycles. The van der Waals surface area contributed by atoms with Crippen molar-refractivity contribution < 1.29 is 4.79 Å². The summed E-state index contributed by atoms with van der Waals surface area (Å²) in [4.78, 5) is 16.5. The number of rotatable bonds is 4. The van der Waals surface area contributed by atoms with Crippen LogP contribution in [0.3, 0.4) is 0 Å². The molecular weight excluding hydrogens is 274 g/mol. The molecule has 0 unspecified atom stereocenters. The number of anilines is 2. The van der Waals surface area contributed by atoms with Crippen molar-refractivity contribution in [2.24, 2.45) is 0 Å². The summed E-state index contributed by atoms with van der Waals surface area (Å²) in [7, 11) is 0. The van der Waals surface area contributed by atoms with Gasteiger partial charge in [0.2, 0.25) is 0 Å². The number of pyridine rings is 1. The summed E-state index contributed by atoms with van der Waals surface area (Å²) in [6.07, 6.45) is 6.65. The molecule has 0 bridgehead atoms. The number of hydrogen-bond donors (Lipinski definition) is 2. The van der Waals surface area contributed by atoms with Crippen molar-refractivity contribution in [3.63, 3.8) is 0 Å². The summed E-state index contributed by atoms with van der Waals surface area (Å²) in [6, 6.07) is 12.0. The molecule has 1 aliphatic rings. The van der Waals surface area contributed by atoms with Crippen LogP contribution in [0.2, 0.25) is 0 Å². The number of nitrogens with zero attached hydrogens (tertiary/aromatic N) is 1. The Balaban J connectivity index is 1.67. The Kier molecular flexibility index (Phi) is 4.37. The maximum Gasteiger partial charge on any atom is 0.274 e. The molecule has 1 aromatic carbocycles. The second kappa shape index (κ2) is 6.60. The van der Waals surface area contributed by atoms with E-state index in [1.165, 1.54) is 31.2 Å². The zero-order chi connectivity index (χ0) is 15.4. The van der Waals surface area contributed by atoms with E-state index in [0.717, 1.165) is 11.4 Å². The van der Waals surface area contributed by atoms with Gasteiger partial charge in [-0.05, 0) is 44.0 Å². The van der Waals surface area contributed by atoms with E-state index in [1.807, 2.05) is 43.3 Å². The minimum atomic E-state index is -0.182. The first kappa shape index (κ1) is 14.6. The molecule has 3 rings (SSSR count). The van der Waals surface area contributed by atoms with Crippen LogP contribution in [-0.2, 0) is 0 Å². The van der Waals surface area contributed by atoms with Crippen LogP contribution in [0, 0.1) is 6.92 Å². The average molecular weight is 295 g/mol. The lowest BCUT2D eigenvalue weighted by atomic mass is 10.2. The van der Waals surface area contributed by atoms with E-state index in [2.05, 4.69) is 15.6 Å². The Bertz CT molecular complexity index is 646. The molecule has 1 fully saturated rings. The van der Waals surface area contributed by atoms with Crippen molar-refractivity contribution in [3.8, 4) is 0 Å². The normalized spacial score (nSPS) is 14.8. The number of amides is 1. The summed E-state index contributed by atoms with van der Waals surface area (Å²) in [5.74, 6) is -0.182. The summed E-state index contributed by atoms with van der Waals surface area (Å²) in [5.41, 5.74) is 3.35. The molecular formula is C18H21N3O. The fourth-order valence-electron chi connectivity index (χ4n) is 2.78. The third-order valence-electron chi connectivity index (χ3n) is 4.03. The van der Waals surface area contributed by atoms with E-state index in [4.69, 9.17) is 0 Å². The molecule has 2 N–H and O–H groups in total. The number of benzene rings is 1. The van der Waals surface area contributed by atoms with Crippen LogP contribution in [0.1, 0.15) is 41.7 Å². The summed E-state index contributed by atoms with van der Waals surface area (Å²) < 4.78 is 0. The van der Waals surface area contributed by atoms with E-state index >= 15 is 0 Å². The van der Waals surface area contributed by atoms with Crippen molar-refractivity contribution in [3.05, 3.63) is 53.9 Å². The lowest BCUT2D eigenvalue weighted by molar-refractivity contribution is 0.102. The largest absolute Gasteiger partial charge is 0.382 e. The maximum absolute atomic E-state index is 12.3. The molecule has 0 spiro atoms. The molecule has 22 heavy (non-hydrogen) atoms. The molecule has 1 aromatic heterocycles. The van der Waals surface area contributed by atoms with Gasteiger partial charge in [-0.2, -0.15) is 0 Å². The Hall–Kier alpha value is -2.36. The van der Waals surface area contributed by atoms with E-state index < -0.39 is 0 Å². The zero-order valence-corrected chi connectivity index (χ0v) is 12.8. The molecule has 2 aromatic rings. The second-order valence-corrected chi connectivity index (χ2v) is 5.88. The lowest BCUT2D eigenvalue weighted by Gasteiger charge is -2.14. The first-order valence-electron chi connectivity index (χ1n) is 7.81. The molecule has 1 amide bonds. The van der Waals surface area contributed by atoms with Crippen molar-refractivity contribution >= 4 is 17.3 Å². The number of hydrogen-bond acceptors (Lipinski definition) is 3. The third-order valence-corrected chi connectivity index (χ3v) is 4.03. The summed E-state index contributed by atoms with van der Waals surface area (Å²) >= 11 is 0. The topological polar surface area (TPSA) is 54.0 Å². The van der Waals surface area contributed by atoms with Crippen LogP contribution in [0.15, 0.2) is 42.6 Å². The highest BCUT2D eigenvalue weighted by Gasteiger charge is 2.15. The number of carbonyl (C=O) groups excluding carboxylic acids is 1. The number of aromatic nitrogens is 1. The number of carbonyl (C=O) groups is 1. The Morgan fingerprint density at radius 3 is 2.55 bits per heavy atom. The van der Waals surface area contributed by atoms with Crippen LogP contribution in [-0.4, -0.2) is 16.9 Å². The molecule has 0 saturated heterocycles. The summed E-state index contributed by atoms with van der Waals surface area (Å²) in [5, 5.41) is 6.36. The minimum absolute atomic E-state index is 0.182. The predicted molar refractivity (Wildman–Crippen MR) is 89.2 cm³/mol. The fourth-order valence-corrected chi connectivity index (χ4v) is 2.78.